The molecule has 8 heteroatoms. The van der Waals surface area contributed by atoms with Gasteiger partial charge in [-0.25, -0.2) is 4.79 Å². The van der Waals surface area contributed by atoms with Crippen molar-refractivity contribution >= 4 is 29.0 Å². The van der Waals surface area contributed by atoms with E-state index in [9.17, 15) is 4.79 Å². The van der Waals surface area contributed by atoms with Crippen molar-refractivity contribution < 1.29 is 9.32 Å². The van der Waals surface area contributed by atoms with Crippen LogP contribution in [0.15, 0.2) is 53.1 Å². The minimum Gasteiger partial charge on any atom is -0.339 e. The number of urea groups is 1. The van der Waals surface area contributed by atoms with Crippen molar-refractivity contribution in [2.24, 2.45) is 0 Å². The number of aromatic nitrogens is 2. The number of hydrogen-bond donors (Lipinski definition) is 2. The average molecular weight is 426 g/mol. The number of nitrogens with one attached hydrogen (secondary N) is 2. The summed E-state index contributed by atoms with van der Waals surface area (Å²) in [4.78, 5) is 19.1. The summed E-state index contributed by atoms with van der Waals surface area (Å²) in [7, 11) is 0. The molecular formula is C22H24ClN5O2. The molecule has 1 aliphatic rings. The number of halogens is 1. The maximum Gasteiger partial charge on any atom is 0.323 e. The predicted octanol–water partition coefficient (Wildman–Crippen LogP) is 5.06. The van der Waals surface area contributed by atoms with Crippen molar-refractivity contribution in [3.05, 3.63) is 59.4 Å². The number of nitrogens with zero attached hydrogens (tertiary/aromatic N) is 3. The van der Waals surface area contributed by atoms with Crippen molar-refractivity contribution in [1.29, 1.82) is 0 Å². The zero-order chi connectivity index (χ0) is 20.8. The van der Waals surface area contributed by atoms with Gasteiger partial charge >= 0.3 is 6.03 Å². The lowest BCUT2D eigenvalue weighted by molar-refractivity contribution is 0.223. The summed E-state index contributed by atoms with van der Waals surface area (Å²) in [5.41, 5.74) is 2.17. The van der Waals surface area contributed by atoms with Gasteiger partial charge in [-0.2, -0.15) is 4.98 Å². The number of amides is 2. The van der Waals surface area contributed by atoms with Crippen LogP contribution in [-0.2, 0) is 6.42 Å². The van der Waals surface area contributed by atoms with Gasteiger partial charge in [0.2, 0.25) is 11.7 Å². The molecule has 0 unspecified atom stereocenters. The third-order valence-electron chi connectivity index (χ3n) is 5.06. The molecule has 156 valence electrons. The van der Waals surface area contributed by atoms with Crippen LogP contribution in [0, 0.1) is 0 Å². The highest BCUT2D eigenvalue weighted by Gasteiger charge is 2.13. The second-order valence-corrected chi connectivity index (χ2v) is 7.76. The maximum absolute atomic E-state index is 12.1. The van der Waals surface area contributed by atoms with Gasteiger partial charge in [0.05, 0.1) is 0 Å². The quantitative estimate of drug-likeness (QED) is 0.576. The third kappa shape index (κ3) is 5.58. The molecular weight excluding hydrogens is 402 g/mol. The molecule has 1 saturated heterocycles. The minimum atomic E-state index is -0.329. The van der Waals surface area contributed by atoms with Gasteiger partial charge in [0, 0.05) is 34.9 Å². The summed E-state index contributed by atoms with van der Waals surface area (Å²) in [5, 5.41) is 10.3. The highest BCUT2D eigenvalue weighted by atomic mass is 35.5. The normalized spacial score (nSPS) is 14.4. The molecule has 2 aromatic carbocycles. The van der Waals surface area contributed by atoms with Gasteiger partial charge in [-0.1, -0.05) is 23.2 Å². The average Bonchev–Trinajstić information content (AvgIpc) is 3.24. The summed E-state index contributed by atoms with van der Waals surface area (Å²) >= 11 is 5.85. The van der Waals surface area contributed by atoms with Crippen LogP contribution < -0.4 is 10.6 Å². The highest BCUT2D eigenvalue weighted by molar-refractivity contribution is 6.30. The Morgan fingerprint density at radius 1 is 0.967 bits per heavy atom. The number of hydrogen-bond acceptors (Lipinski definition) is 5. The molecule has 2 N–H and O–H groups in total. The molecule has 30 heavy (non-hydrogen) atoms. The number of carbonyl (C=O) groups is 1. The van der Waals surface area contributed by atoms with Gasteiger partial charge in [0.25, 0.3) is 0 Å². The topological polar surface area (TPSA) is 83.3 Å². The number of rotatable bonds is 6. The van der Waals surface area contributed by atoms with Crippen LogP contribution in [-0.4, -0.2) is 40.7 Å². The zero-order valence-electron chi connectivity index (χ0n) is 16.6. The fourth-order valence-corrected chi connectivity index (χ4v) is 3.57. The minimum absolute atomic E-state index is 0.329. The second-order valence-electron chi connectivity index (χ2n) is 7.33. The van der Waals surface area contributed by atoms with E-state index in [1.807, 2.05) is 12.1 Å². The van der Waals surface area contributed by atoms with Crippen molar-refractivity contribution in [3.63, 3.8) is 0 Å². The molecule has 2 amide bonds. The largest absolute Gasteiger partial charge is 0.339 e. The standard InChI is InChI=1S/C22H24ClN5O2/c23-17-6-10-19(11-7-17)25-22(29)24-18-8-4-16(5-9-18)21-26-20(30-27-21)12-15-28-13-2-1-3-14-28/h4-11H,1-3,12-15H2,(H2,24,25,29). The Labute approximate surface area is 180 Å². The molecule has 0 radical (unpaired) electrons. The molecule has 1 aliphatic heterocycles. The Bertz CT molecular complexity index is 966. The Morgan fingerprint density at radius 2 is 1.60 bits per heavy atom. The lowest BCUT2D eigenvalue weighted by Gasteiger charge is -2.25. The van der Waals surface area contributed by atoms with E-state index in [2.05, 4.69) is 25.7 Å². The smallest absolute Gasteiger partial charge is 0.323 e. The molecule has 7 nitrogen and oxygen atoms in total. The van der Waals surface area contributed by atoms with Crippen LogP contribution in [0.3, 0.4) is 0 Å². The van der Waals surface area contributed by atoms with Crippen LogP contribution in [0.1, 0.15) is 25.2 Å². The summed E-state index contributed by atoms with van der Waals surface area (Å²) < 4.78 is 5.40. The summed E-state index contributed by atoms with van der Waals surface area (Å²) in [6.07, 6.45) is 4.63. The molecule has 1 fully saturated rings. The first-order chi connectivity index (χ1) is 14.7. The van der Waals surface area contributed by atoms with E-state index < -0.39 is 0 Å². The van der Waals surface area contributed by atoms with E-state index >= 15 is 0 Å². The molecule has 4 rings (SSSR count). The van der Waals surface area contributed by atoms with E-state index in [-0.39, 0.29) is 6.03 Å². The lowest BCUT2D eigenvalue weighted by atomic mass is 10.1. The summed E-state index contributed by atoms with van der Waals surface area (Å²) in [6.45, 7) is 3.26. The van der Waals surface area contributed by atoms with Crippen LogP contribution in [0.5, 0.6) is 0 Å². The zero-order valence-corrected chi connectivity index (χ0v) is 17.4. The molecule has 2 heterocycles. The van der Waals surface area contributed by atoms with Gasteiger partial charge in [-0.3, -0.25) is 0 Å². The monoisotopic (exact) mass is 425 g/mol. The third-order valence-corrected chi connectivity index (χ3v) is 5.31. The molecule has 0 saturated carbocycles. The van der Waals surface area contributed by atoms with Gasteiger partial charge in [-0.05, 0) is 74.5 Å². The first kappa shape index (κ1) is 20.4. The Balaban J connectivity index is 1.30. The number of benzene rings is 2. The summed E-state index contributed by atoms with van der Waals surface area (Å²) in [5.74, 6) is 1.21. The van der Waals surface area contributed by atoms with Crippen molar-refractivity contribution in [1.82, 2.24) is 15.0 Å². The van der Waals surface area contributed by atoms with E-state index in [1.54, 1.807) is 36.4 Å². The van der Waals surface area contributed by atoms with E-state index in [4.69, 9.17) is 16.1 Å². The van der Waals surface area contributed by atoms with E-state index in [0.717, 1.165) is 31.6 Å². The van der Waals surface area contributed by atoms with E-state index in [0.29, 0.717) is 28.1 Å². The molecule has 0 aliphatic carbocycles. The fraction of sp³-hybridized carbons (Fsp3) is 0.318. The van der Waals surface area contributed by atoms with Crippen molar-refractivity contribution in [3.8, 4) is 11.4 Å². The van der Waals surface area contributed by atoms with Crippen molar-refractivity contribution in [2.45, 2.75) is 25.7 Å². The number of anilines is 2. The van der Waals surface area contributed by atoms with Crippen molar-refractivity contribution in [2.75, 3.05) is 30.3 Å². The molecule has 3 aromatic rings. The fourth-order valence-electron chi connectivity index (χ4n) is 3.44. The second kappa shape index (κ2) is 9.73. The first-order valence-corrected chi connectivity index (χ1v) is 10.5. The maximum atomic E-state index is 12.1. The number of piperidine rings is 1. The molecule has 0 spiro atoms. The van der Waals surface area contributed by atoms with Crippen LogP contribution in [0.25, 0.3) is 11.4 Å². The SMILES string of the molecule is O=C(Nc1ccc(Cl)cc1)Nc1ccc(-c2noc(CCN3CCCCC3)n2)cc1. The molecule has 0 atom stereocenters. The number of likely N-dealkylation sites (tertiary alicyclic amines) is 1. The van der Waals surface area contributed by atoms with Gasteiger partial charge in [0.15, 0.2) is 0 Å². The van der Waals surface area contributed by atoms with E-state index in [1.165, 1.54) is 19.3 Å². The van der Waals surface area contributed by atoms with Crippen LogP contribution in [0.2, 0.25) is 5.02 Å². The molecule has 0 bridgehead atoms. The van der Waals surface area contributed by atoms with Crippen LogP contribution in [0.4, 0.5) is 16.2 Å². The number of carbonyl (C=O) groups excluding carboxylic acids is 1. The van der Waals surface area contributed by atoms with Crippen LogP contribution >= 0.6 is 11.6 Å². The van der Waals surface area contributed by atoms with Gasteiger partial charge in [0.1, 0.15) is 0 Å². The first-order valence-electron chi connectivity index (χ1n) is 10.1. The Hall–Kier alpha value is -2.90. The Morgan fingerprint density at radius 3 is 2.27 bits per heavy atom. The molecule has 1 aromatic heterocycles. The Kier molecular flexibility index (Phi) is 6.61. The lowest BCUT2D eigenvalue weighted by Crippen LogP contribution is -2.31. The highest BCUT2D eigenvalue weighted by Crippen LogP contribution is 2.20. The summed E-state index contributed by atoms with van der Waals surface area (Å²) in [6, 6.07) is 13.9. The van der Waals surface area contributed by atoms with Gasteiger partial charge in [-0.15, -0.1) is 0 Å². The van der Waals surface area contributed by atoms with Gasteiger partial charge < -0.3 is 20.1 Å². The predicted molar refractivity (Wildman–Crippen MR) is 118 cm³/mol.